The Morgan fingerprint density at radius 1 is 1.62 bits per heavy atom. The first-order valence-corrected chi connectivity index (χ1v) is 5.18. The van der Waals surface area contributed by atoms with E-state index in [4.69, 9.17) is 0 Å². The molecule has 0 aromatic rings. The number of nitrogens with two attached hydrogens (primary N) is 1. The summed E-state index contributed by atoms with van der Waals surface area (Å²) >= 11 is 0. The Balaban J connectivity index is 2.81. The molecular weight excluding hydrogens is 194 g/mol. The van der Waals surface area contributed by atoms with Crippen molar-refractivity contribution < 1.29 is 12.6 Å². The average molecular weight is 205 g/mol. The molecule has 0 fully saturated rings. The zero-order valence-electron chi connectivity index (χ0n) is 7.39. The van der Waals surface area contributed by atoms with Gasteiger partial charge in [-0.25, -0.2) is 9.98 Å². The second kappa shape index (κ2) is 3.43. The first-order valence-electron chi connectivity index (χ1n) is 3.71. The fourth-order valence-electron chi connectivity index (χ4n) is 1.04. The molecule has 74 valence electrons. The Morgan fingerprint density at radius 2 is 2.23 bits per heavy atom. The Hall–Kier alpha value is -0.950. The molecule has 7 heteroatoms. The number of aliphatic imine (C=N–C) groups is 2. The minimum absolute atomic E-state index is 0.0192. The molecule has 0 radical (unpaired) electrons. The summed E-state index contributed by atoms with van der Waals surface area (Å²) in [6.45, 7) is 3.61. The van der Waals surface area contributed by atoms with E-state index in [-0.39, 0.29) is 12.1 Å². The van der Waals surface area contributed by atoms with Crippen molar-refractivity contribution in [3.8, 4) is 0 Å². The largest absolute Gasteiger partial charge is 0.382 e. The van der Waals surface area contributed by atoms with Gasteiger partial charge in [0.2, 0.25) is 0 Å². The van der Waals surface area contributed by atoms with Gasteiger partial charge < -0.3 is 4.18 Å². The third kappa shape index (κ3) is 3.51. The molecule has 1 rings (SSSR count). The molecule has 0 spiro atoms. The third-order valence-electron chi connectivity index (χ3n) is 1.40. The predicted octanol–water partition coefficient (Wildman–Crippen LogP) is -0.184. The Morgan fingerprint density at radius 3 is 2.69 bits per heavy atom. The minimum atomic E-state index is -4.01. The van der Waals surface area contributed by atoms with Gasteiger partial charge in [-0.1, -0.05) is 0 Å². The quantitative estimate of drug-likeness (QED) is 0.643. The van der Waals surface area contributed by atoms with Gasteiger partial charge in [0.1, 0.15) is 0 Å². The molecule has 13 heavy (non-hydrogen) atoms. The van der Waals surface area contributed by atoms with Crippen LogP contribution in [0.25, 0.3) is 0 Å². The van der Waals surface area contributed by atoms with Gasteiger partial charge in [-0.3, -0.25) is 0 Å². The van der Waals surface area contributed by atoms with Crippen LogP contribution in [0.4, 0.5) is 0 Å². The number of rotatable bonds is 1. The van der Waals surface area contributed by atoms with Crippen LogP contribution in [0, 0.1) is 0 Å². The highest BCUT2D eigenvalue weighted by Crippen LogP contribution is 2.08. The zero-order valence-corrected chi connectivity index (χ0v) is 8.21. The molecule has 2 N–H and O–H groups in total. The molecular formula is C6H11N3O3S. The smallest absolute Gasteiger partial charge is 0.332 e. The minimum Gasteiger partial charge on any atom is -0.332 e. The third-order valence-corrected chi connectivity index (χ3v) is 1.78. The van der Waals surface area contributed by atoms with Crippen LogP contribution >= 0.6 is 0 Å². The Kier molecular flexibility index (Phi) is 2.67. The molecule has 0 aliphatic carbocycles. The summed E-state index contributed by atoms with van der Waals surface area (Å²) in [6, 6.07) is -0.201. The molecule has 1 aliphatic heterocycles. The lowest BCUT2D eigenvalue weighted by atomic mass is 10.2. The average Bonchev–Trinajstić information content (AvgIpc) is 1.78. The second-order valence-corrected chi connectivity index (χ2v) is 4.04. The van der Waals surface area contributed by atoms with Crippen LogP contribution in [0.5, 0.6) is 0 Å². The summed E-state index contributed by atoms with van der Waals surface area (Å²) in [6.07, 6.45) is 0.706. The molecule has 0 aromatic carbocycles. The summed E-state index contributed by atoms with van der Waals surface area (Å²) < 4.78 is 25.4. The van der Waals surface area contributed by atoms with Crippen LogP contribution < -0.4 is 5.14 Å². The van der Waals surface area contributed by atoms with Crippen LogP contribution in [0.1, 0.15) is 20.3 Å². The molecule has 0 saturated heterocycles. The van der Waals surface area contributed by atoms with Gasteiger partial charge in [0.05, 0.1) is 6.04 Å². The van der Waals surface area contributed by atoms with Crippen LogP contribution in [-0.4, -0.2) is 26.2 Å². The normalized spacial score (nSPS) is 23.5. The van der Waals surface area contributed by atoms with Crippen LogP contribution in [0.3, 0.4) is 0 Å². The molecule has 1 heterocycles. The van der Waals surface area contributed by atoms with E-state index in [9.17, 15) is 8.42 Å². The highest BCUT2D eigenvalue weighted by Gasteiger charge is 2.16. The number of hydrogen-bond acceptors (Lipinski definition) is 5. The van der Waals surface area contributed by atoms with Gasteiger partial charge in [-0.05, 0) is 13.8 Å². The van der Waals surface area contributed by atoms with Crippen molar-refractivity contribution in [1.29, 1.82) is 0 Å². The SMILES string of the molecule is CC1=NC(OS(N)(=O)=O)=NC(C)C1. The van der Waals surface area contributed by atoms with E-state index in [1.807, 2.05) is 6.92 Å². The van der Waals surface area contributed by atoms with Crippen molar-refractivity contribution in [3.63, 3.8) is 0 Å². The second-order valence-electron chi connectivity index (χ2n) is 2.89. The molecule has 6 nitrogen and oxygen atoms in total. The number of hydrogen-bond donors (Lipinski definition) is 1. The van der Waals surface area contributed by atoms with Gasteiger partial charge in [-0.2, -0.15) is 13.6 Å². The van der Waals surface area contributed by atoms with Crippen molar-refractivity contribution in [2.75, 3.05) is 0 Å². The van der Waals surface area contributed by atoms with Gasteiger partial charge in [-0.15, -0.1) is 0 Å². The lowest BCUT2D eigenvalue weighted by molar-refractivity contribution is 0.474. The molecule has 0 amide bonds. The maximum absolute atomic E-state index is 10.5. The Bertz CT molecular complexity index is 357. The predicted molar refractivity (Wildman–Crippen MR) is 48.8 cm³/mol. The molecule has 1 atom stereocenters. The van der Waals surface area contributed by atoms with E-state index >= 15 is 0 Å². The van der Waals surface area contributed by atoms with Crippen LogP contribution in [0.15, 0.2) is 9.98 Å². The molecule has 1 aliphatic rings. The molecule has 0 bridgehead atoms. The van der Waals surface area contributed by atoms with Gasteiger partial charge >= 0.3 is 16.3 Å². The molecule has 1 unspecified atom stereocenters. The van der Waals surface area contributed by atoms with Gasteiger partial charge in [0.25, 0.3) is 0 Å². The molecule has 0 saturated carbocycles. The van der Waals surface area contributed by atoms with E-state index < -0.39 is 10.3 Å². The number of amidine groups is 1. The van der Waals surface area contributed by atoms with E-state index in [0.717, 1.165) is 5.71 Å². The van der Waals surface area contributed by atoms with Crippen molar-refractivity contribution in [1.82, 2.24) is 0 Å². The number of nitrogens with zero attached hydrogens (tertiary/aromatic N) is 2. The van der Waals surface area contributed by atoms with E-state index in [2.05, 4.69) is 19.3 Å². The van der Waals surface area contributed by atoms with Crippen molar-refractivity contribution in [2.24, 2.45) is 15.1 Å². The maximum Gasteiger partial charge on any atom is 0.382 e. The monoisotopic (exact) mass is 205 g/mol. The lowest BCUT2D eigenvalue weighted by Gasteiger charge is -2.13. The molecule has 0 aromatic heterocycles. The van der Waals surface area contributed by atoms with Crippen molar-refractivity contribution in [3.05, 3.63) is 0 Å². The summed E-state index contributed by atoms with van der Waals surface area (Å²) in [7, 11) is -4.01. The summed E-state index contributed by atoms with van der Waals surface area (Å²) in [4.78, 5) is 7.67. The summed E-state index contributed by atoms with van der Waals surface area (Å²) in [5.41, 5.74) is 0.779. The Labute approximate surface area is 76.8 Å². The fraction of sp³-hybridized carbons (Fsp3) is 0.667. The highest BCUT2D eigenvalue weighted by atomic mass is 32.2. The topological polar surface area (TPSA) is 94.1 Å². The van der Waals surface area contributed by atoms with E-state index in [1.54, 1.807) is 6.92 Å². The summed E-state index contributed by atoms with van der Waals surface area (Å²) in [5, 5.41) is 4.66. The zero-order chi connectivity index (χ0) is 10.1. The fourth-order valence-corrected chi connectivity index (χ4v) is 1.33. The first kappa shape index (κ1) is 10.1. The lowest BCUT2D eigenvalue weighted by Crippen LogP contribution is -2.24. The van der Waals surface area contributed by atoms with Crippen molar-refractivity contribution in [2.45, 2.75) is 26.3 Å². The van der Waals surface area contributed by atoms with Gasteiger partial charge in [0.15, 0.2) is 0 Å². The van der Waals surface area contributed by atoms with Gasteiger partial charge in [0, 0.05) is 12.1 Å². The maximum atomic E-state index is 10.5. The van der Waals surface area contributed by atoms with E-state index in [0.29, 0.717) is 6.42 Å². The van der Waals surface area contributed by atoms with Crippen LogP contribution in [-0.2, 0) is 14.5 Å². The highest BCUT2D eigenvalue weighted by molar-refractivity contribution is 7.84. The first-order chi connectivity index (χ1) is 5.87. The van der Waals surface area contributed by atoms with Crippen LogP contribution in [0.2, 0.25) is 0 Å². The van der Waals surface area contributed by atoms with E-state index in [1.165, 1.54) is 0 Å². The standard InChI is InChI=1S/C6H11N3O3S/c1-4-3-5(2)9-6(8-4)12-13(7,10)11/h4H,3H2,1-2H3,(H2,7,10,11). The van der Waals surface area contributed by atoms with Crippen molar-refractivity contribution >= 4 is 22.0 Å². The summed E-state index contributed by atoms with van der Waals surface area (Å²) in [5.74, 6) is 0.